The van der Waals surface area contributed by atoms with Gasteiger partial charge < -0.3 is 10.2 Å². The number of rotatable bonds is 2. The van der Waals surface area contributed by atoms with Crippen LogP contribution >= 0.6 is 0 Å². The van der Waals surface area contributed by atoms with Gasteiger partial charge in [-0.3, -0.25) is 4.79 Å². The number of nitrogens with one attached hydrogen (secondary N) is 1. The van der Waals surface area contributed by atoms with Gasteiger partial charge in [0.05, 0.1) is 5.41 Å². The first-order valence-electron chi connectivity index (χ1n) is 8.35. The van der Waals surface area contributed by atoms with Crippen LogP contribution in [0.2, 0.25) is 0 Å². The summed E-state index contributed by atoms with van der Waals surface area (Å²) in [5.41, 5.74) is 1.01. The van der Waals surface area contributed by atoms with E-state index in [0.717, 1.165) is 39.0 Å². The number of nitrogens with zero attached hydrogens (tertiary/aromatic N) is 1. The van der Waals surface area contributed by atoms with Crippen molar-refractivity contribution in [3.63, 3.8) is 0 Å². The summed E-state index contributed by atoms with van der Waals surface area (Å²) in [5.74, 6) is 1.77. The Morgan fingerprint density at radius 1 is 1.05 bits per heavy atom. The summed E-state index contributed by atoms with van der Waals surface area (Å²) in [6.07, 6.45) is 4.42. The molecule has 0 bridgehead atoms. The van der Waals surface area contributed by atoms with Crippen LogP contribution in [0.15, 0.2) is 30.3 Å². The number of likely N-dealkylation sites (tertiary alicyclic amines) is 1. The predicted octanol–water partition coefficient (Wildman–Crippen LogP) is 2.18. The van der Waals surface area contributed by atoms with E-state index in [0.29, 0.717) is 17.7 Å². The van der Waals surface area contributed by atoms with E-state index in [-0.39, 0.29) is 5.41 Å². The van der Waals surface area contributed by atoms with Gasteiger partial charge in [-0.05, 0) is 30.2 Å². The fourth-order valence-corrected chi connectivity index (χ4v) is 4.69. The van der Waals surface area contributed by atoms with E-state index in [9.17, 15) is 4.79 Å². The molecule has 1 aromatic rings. The van der Waals surface area contributed by atoms with Crippen molar-refractivity contribution in [1.82, 2.24) is 10.2 Å². The van der Waals surface area contributed by atoms with Crippen LogP contribution in [-0.4, -0.2) is 37.0 Å². The first-order chi connectivity index (χ1) is 10.3. The Bertz CT molecular complexity index is 509. The molecule has 0 radical (unpaired) electrons. The van der Waals surface area contributed by atoms with Crippen LogP contribution in [0.25, 0.3) is 0 Å². The molecule has 1 amide bonds. The molecular formula is C18H24N2O. The summed E-state index contributed by atoms with van der Waals surface area (Å²) in [6, 6.07) is 10.5. The van der Waals surface area contributed by atoms with Crippen molar-refractivity contribution in [1.29, 1.82) is 0 Å². The molecule has 0 unspecified atom stereocenters. The van der Waals surface area contributed by atoms with Gasteiger partial charge in [-0.2, -0.15) is 0 Å². The van der Waals surface area contributed by atoms with E-state index < -0.39 is 0 Å². The largest absolute Gasteiger partial charge is 0.341 e. The van der Waals surface area contributed by atoms with Gasteiger partial charge in [0.2, 0.25) is 5.91 Å². The standard InChI is InChI=1S/C18H24N2O/c21-17(20-12-14-10-19-11-15(14)13-20)18(8-4-5-9-18)16-6-2-1-3-7-16/h1-3,6-7,14-15,19H,4-5,8-13H2/t14-,15+. The fraction of sp³-hybridized carbons (Fsp3) is 0.611. The molecule has 3 heteroatoms. The fourth-order valence-electron chi connectivity index (χ4n) is 4.69. The Morgan fingerprint density at radius 3 is 2.29 bits per heavy atom. The van der Waals surface area contributed by atoms with Crippen LogP contribution in [-0.2, 0) is 10.2 Å². The third-order valence-electron chi connectivity index (χ3n) is 5.87. The van der Waals surface area contributed by atoms with Gasteiger partial charge in [-0.25, -0.2) is 0 Å². The molecule has 21 heavy (non-hydrogen) atoms. The average Bonchev–Trinajstić information content (AvgIpc) is 3.23. The first-order valence-corrected chi connectivity index (χ1v) is 8.35. The molecule has 0 spiro atoms. The summed E-state index contributed by atoms with van der Waals surface area (Å²) in [7, 11) is 0. The number of carbonyl (C=O) groups excluding carboxylic acids is 1. The lowest BCUT2D eigenvalue weighted by atomic mass is 9.77. The molecule has 2 atom stereocenters. The van der Waals surface area contributed by atoms with Crippen molar-refractivity contribution in [3.05, 3.63) is 35.9 Å². The molecule has 112 valence electrons. The van der Waals surface area contributed by atoms with Crippen LogP contribution in [0.1, 0.15) is 31.2 Å². The number of benzene rings is 1. The number of fused-ring (bicyclic) bond motifs is 1. The van der Waals surface area contributed by atoms with Crippen LogP contribution in [0.4, 0.5) is 0 Å². The Morgan fingerprint density at radius 2 is 1.67 bits per heavy atom. The molecular weight excluding hydrogens is 260 g/mol. The Balaban J connectivity index is 1.61. The molecule has 3 aliphatic rings. The van der Waals surface area contributed by atoms with Gasteiger partial charge in [0.1, 0.15) is 0 Å². The Labute approximate surface area is 126 Å². The lowest BCUT2D eigenvalue weighted by Crippen LogP contribution is -2.45. The smallest absolute Gasteiger partial charge is 0.233 e. The Kier molecular flexibility index (Phi) is 3.26. The minimum Gasteiger partial charge on any atom is -0.341 e. The number of carbonyl (C=O) groups is 1. The molecule has 2 heterocycles. The molecule has 3 nitrogen and oxygen atoms in total. The SMILES string of the molecule is O=C(N1C[C@H]2CNC[C@H]2C1)C1(c2ccccc2)CCCC1. The highest BCUT2D eigenvalue weighted by molar-refractivity contribution is 5.89. The molecule has 0 aromatic heterocycles. The average molecular weight is 284 g/mol. The Hall–Kier alpha value is -1.35. The van der Waals surface area contributed by atoms with Gasteiger partial charge in [0, 0.05) is 26.2 Å². The minimum absolute atomic E-state index is 0.229. The molecule has 1 saturated carbocycles. The van der Waals surface area contributed by atoms with Crippen molar-refractivity contribution < 1.29 is 4.79 Å². The number of amides is 1. The number of hydrogen-bond donors (Lipinski definition) is 1. The molecule has 4 rings (SSSR count). The summed E-state index contributed by atoms with van der Waals surface area (Å²) < 4.78 is 0. The maximum atomic E-state index is 13.3. The highest BCUT2D eigenvalue weighted by atomic mass is 16.2. The van der Waals surface area contributed by atoms with E-state index in [1.165, 1.54) is 18.4 Å². The zero-order valence-corrected chi connectivity index (χ0v) is 12.6. The molecule has 3 fully saturated rings. The normalized spacial score (nSPS) is 30.6. The summed E-state index contributed by atoms with van der Waals surface area (Å²) in [5, 5.41) is 3.46. The zero-order chi connectivity index (χ0) is 14.3. The van der Waals surface area contributed by atoms with Crippen molar-refractivity contribution >= 4 is 5.91 Å². The molecule has 1 N–H and O–H groups in total. The summed E-state index contributed by atoms with van der Waals surface area (Å²) in [4.78, 5) is 15.5. The summed E-state index contributed by atoms with van der Waals surface area (Å²) in [6.45, 7) is 4.11. The van der Waals surface area contributed by atoms with E-state index in [1.807, 2.05) is 6.07 Å². The molecule has 1 aromatic carbocycles. The first kappa shape index (κ1) is 13.3. The lowest BCUT2D eigenvalue weighted by molar-refractivity contribution is -0.136. The predicted molar refractivity (Wildman–Crippen MR) is 83.0 cm³/mol. The van der Waals surface area contributed by atoms with E-state index in [1.54, 1.807) is 0 Å². The van der Waals surface area contributed by atoms with E-state index in [2.05, 4.69) is 34.5 Å². The van der Waals surface area contributed by atoms with Crippen LogP contribution in [0.3, 0.4) is 0 Å². The second-order valence-electron chi connectivity index (χ2n) is 7.04. The topological polar surface area (TPSA) is 32.3 Å². The van der Waals surface area contributed by atoms with Gasteiger partial charge in [0.15, 0.2) is 0 Å². The maximum absolute atomic E-state index is 13.3. The second-order valence-corrected chi connectivity index (χ2v) is 7.04. The molecule has 2 aliphatic heterocycles. The number of hydrogen-bond acceptors (Lipinski definition) is 2. The van der Waals surface area contributed by atoms with Crippen LogP contribution < -0.4 is 5.32 Å². The van der Waals surface area contributed by atoms with Gasteiger partial charge >= 0.3 is 0 Å². The van der Waals surface area contributed by atoms with Crippen molar-refractivity contribution in [2.75, 3.05) is 26.2 Å². The lowest BCUT2D eigenvalue weighted by Gasteiger charge is -2.33. The van der Waals surface area contributed by atoms with Gasteiger partial charge in [-0.15, -0.1) is 0 Å². The van der Waals surface area contributed by atoms with E-state index in [4.69, 9.17) is 0 Å². The van der Waals surface area contributed by atoms with E-state index >= 15 is 0 Å². The monoisotopic (exact) mass is 284 g/mol. The third kappa shape index (κ3) is 2.10. The zero-order valence-electron chi connectivity index (χ0n) is 12.6. The van der Waals surface area contributed by atoms with Crippen molar-refractivity contribution in [2.24, 2.45) is 11.8 Å². The summed E-state index contributed by atoms with van der Waals surface area (Å²) >= 11 is 0. The van der Waals surface area contributed by atoms with Gasteiger partial charge in [-0.1, -0.05) is 43.2 Å². The minimum atomic E-state index is -0.229. The maximum Gasteiger partial charge on any atom is 0.233 e. The van der Waals surface area contributed by atoms with Gasteiger partial charge in [0.25, 0.3) is 0 Å². The molecule has 2 saturated heterocycles. The third-order valence-corrected chi connectivity index (χ3v) is 5.87. The second kappa shape index (κ2) is 5.13. The van der Waals surface area contributed by atoms with Crippen molar-refractivity contribution in [2.45, 2.75) is 31.1 Å². The highest BCUT2D eigenvalue weighted by Crippen LogP contribution is 2.43. The van der Waals surface area contributed by atoms with Crippen LogP contribution in [0, 0.1) is 11.8 Å². The highest BCUT2D eigenvalue weighted by Gasteiger charge is 2.48. The quantitative estimate of drug-likeness (QED) is 0.903. The molecule has 1 aliphatic carbocycles. The van der Waals surface area contributed by atoms with Crippen molar-refractivity contribution in [3.8, 4) is 0 Å². The van der Waals surface area contributed by atoms with Crippen LogP contribution in [0.5, 0.6) is 0 Å².